The molecule has 0 amide bonds. The van der Waals surface area contributed by atoms with Crippen molar-refractivity contribution in [1.29, 1.82) is 0 Å². The van der Waals surface area contributed by atoms with Gasteiger partial charge in [0.1, 0.15) is 55.4 Å². The number of hydrogen-bond donors (Lipinski definition) is 7. The zero-order valence-electron chi connectivity index (χ0n) is 45.9. The third kappa shape index (κ3) is 16.8. The molecule has 438 valence electrons. The molecule has 5 aliphatic rings. The molecule has 0 saturated carbocycles. The van der Waals surface area contributed by atoms with E-state index >= 15 is 0 Å². The van der Waals surface area contributed by atoms with Crippen LogP contribution in [0.4, 0.5) is 0 Å². The highest BCUT2D eigenvalue weighted by atomic mass is 16.8. The zero-order chi connectivity index (χ0) is 56.0. The molecule has 0 aromatic heterocycles. The van der Waals surface area contributed by atoms with E-state index in [2.05, 4.69) is 6.92 Å². The van der Waals surface area contributed by atoms with E-state index in [1.54, 1.807) is 27.7 Å². The van der Waals surface area contributed by atoms with Gasteiger partial charge in [0.25, 0.3) is 0 Å². The Morgan fingerprint density at radius 1 is 0.658 bits per heavy atom. The van der Waals surface area contributed by atoms with Gasteiger partial charge < -0.3 is 87.9 Å². The molecule has 0 spiro atoms. The van der Waals surface area contributed by atoms with Crippen LogP contribution in [-0.4, -0.2) is 195 Å². The maximum absolute atomic E-state index is 14.1. The highest BCUT2D eigenvalue weighted by Gasteiger charge is 2.60. The first-order valence-corrected chi connectivity index (χ1v) is 27.9. The predicted molar refractivity (Wildman–Crippen MR) is 267 cm³/mol. The van der Waals surface area contributed by atoms with E-state index in [4.69, 9.17) is 52.1 Å². The lowest BCUT2D eigenvalue weighted by Crippen LogP contribution is -2.70. The number of fused-ring (bicyclic) bond motifs is 5. The van der Waals surface area contributed by atoms with Gasteiger partial charge in [-0.25, -0.2) is 4.79 Å². The lowest BCUT2D eigenvalue weighted by Gasteiger charge is -2.52. The molecule has 7 N–H and O–H groups in total. The van der Waals surface area contributed by atoms with Gasteiger partial charge in [-0.3, -0.25) is 14.4 Å². The summed E-state index contributed by atoms with van der Waals surface area (Å²) in [5.74, 6) is -6.28. The number of rotatable bonds is 15. The van der Waals surface area contributed by atoms with Crippen molar-refractivity contribution in [3.8, 4) is 0 Å². The standard InChI is InChI=1S/C54H90O22/c1-10-13-19-23-33-24-20-17-15-14-16-18-21-25-36(57)73-48-45(75-53-43(63)42(62)44(31(8)68-53)72-35(56)22-11-2)32(9)69-54(49(48)74-51(65)28(5)29(6)55)76-47-41(61)39(59)34(26-66-50(64)27(4)12-3)71-46(47)37-40(60)38(58)30(7)67-52(37)70-33/h11,22,27-34,37-49,52-55,58-63H,10,12-21,23-26H2,1-9H3/b22-11+/t27-,28?,29-,30+,31+,32-,33?,34+,37-,38+,39+,40+,41-,42+,43+,44+,45-,46-,47+,48+,49+,52-,53-,54-/m0/s1. The fourth-order valence-corrected chi connectivity index (χ4v) is 10.3. The quantitative estimate of drug-likeness (QED) is 0.0537. The van der Waals surface area contributed by atoms with Gasteiger partial charge in [0.05, 0.1) is 60.5 Å². The number of ether oxygens (including phenoxy) is 11. The van der Waals surface area contributed by atoms with Crippen LogP contribution in [0.15, 0.2) is 12.2 Å². The average Bonchev–Trinajstić information content (AvgIpc) is 3.37. The van der Waals surface area contributed by atoms with Gasteiger partial charge in [-0.1, -0.05) is 84.6 Å². The van der Waals surface area contributed by atoms with Crippen molar-refractivity contribution in [2.75, 3.05) is 6.61 Å². The number of hydrogen-bond acceptors (Lipinski definition) is 22. The Hall–Kier alpha value is -2.94. The Morgan fingerprint density at radius 2 is 1.32 bits per heavy atom. The summed E-state index contributed by atoms with van der Waals surface area (Å²) in [5.41, 5.74) is 0. The van der Waals surface area contributed by atoms with Gasteiger partial charge in [-0.2, -0.15) is 0 Å². The molecule has 5 fully saturated rings. The average molecular weight is 1090 g/mol. The monoisotopic (exact) mass is 1090 g/mol. The molecular weight excluding hydrogens is 1000 g/mol. The van der Waals surface area contributed by atoms with Gasteiger partial charge in [-0.15, -0.1) is 0 Å². The van der Waals surface area contributed by atoms with E-state index in [-0.39, 0.29) is 12.5 Å². The zero-order valence-corrected chi connectivity index (χ0v) is 45.9. The summed E-state index contributed by atoms with van der Waals surface area (Å²) in [6.45, 7) is 13.9. The van der Waals surface area contributed by atoms with E-state index in [0.717, 1.165) is 57.4 Å². The van der Waals surface area contributed by atoms with Gasteiger partial charge in [0.15, 0.2) is 37.2 Å². The molecule has 0 aromatic rings. The van der Waals surface area contributed by atoms with E-state index < -0.39 is 171 Å². The highest BCUT2D eigenvalue weighted by molar-refractivity contribution is 5.82. The number of carbonyl (C=O) groups excluding carboxylic acids is 4. The summed E-state index contributed by atoms with van der Waals surface area (Å²) in [7, 11) is 0. The van der Waals surface area contributed by atoms with Crippen molar-refractivity contribution >= 4 is 23.9 Å². The van der Waals surface area contributed by atoms with E-state index in [9.17, 15) is 54.9 Å². The Kier molecular flexibility index (Phi) is 25.7. The van der Waals surface area contributed by atoms with E-state index in [1.807, 2.05) is 0 Å². The minimum Gasteiger partial charge on any atom is -0.463 e. The third-order valence-corrected chi connectivity index (χ3v) is 15.5. The molecule has 0 aromatic carbocycles. The smallest absolute Gasteiger partial charge is 0.330 e. The van der Waals surface area contributed by atoms with Crippen LogP contribution in [-0.2, 0) is 71.3 Å². The van der Waals surface area contributed by atoms with Gasteiger partial charge in [0, 0.05) is 12.5 Å². The molecule has 5 saturated heterocycles. The molecule has 22 nitrogen and oxygen atoms in total. The number of allylic oxidation sites excluding steroid dienone is 1. The van der Waals surface area contributed by atoms with Crippen LogP contribution < -0.4 is 0 Å². The van der Waals surface area contributed by atoms with Crippen LogP contribution in [0.1, 0.15) is 152 Å². The van der Waals surface area contributed by atoms with E-state index in [1.165, 1.54) is 33.8 Å². The van der Waals surface area contributed by atoms with Crippen molar-refractivity contribution in [1.82, 2.24) is 0 Å². The van der Waals surface area contributed by atoms with Gasteiger partial charge in [0.2, 0.25) is 0 Å². The summed E-state index contributed by atoms with van der Waals surface area (Å²) in [4.78, 5) is 53.5. The Morgan fingerprint density at radius 3 is 1.97 bits per heavy atom. The first-order valence-electron chi connectivity index (χ1n) is 27.9. The first kappa shape index (κ1) is 63.9. The van der Waals surface area contributed by atoms with Gasteiger partial charge >= 0.3 is 23.9 Å². The first-order chi connectivity index (χ1) is 36.1. The maximum atomic E-state index is 14.1. The molecule has 2 bridgehead atoms. The van der Waals surface area contributed by atoms with Crippen LogP contribution in [0, 0.1) is 17.8 Å². The predicted octanol–water partition coefficient (Wildman–Crippen LogP) is 2.95. The summed E-state index contributed by atoms with van der Waals surface area (Å²) in [6, 6.07) is 0. The second-order valence-corrected chi connectivity index (χ2v) is 21.5. The number of unbranched alkanes of at least 4 members (excludes halogenated alkanes) is 2. The molecule has 2 unspecified atom stereocenters. The van der Waals surface area contributed by atoms with Crippen LogP contribution >= 0.6 is 0 Å². The molecule has 24 atom stereocenters. The van der Waals surface area contributed by atoms with Crippen LogP contribution in [0.5, 0.6) is 0 Å². The molecule has 76 heavy (non-hydrogen) atoms. The van der Waals surface area contributed by atoms with Crippen molar-refractivity contribution in [3.05, 3.63) is 12.2 Å². The van der Waals surface area contributed by atoms with Crippen molar-refractivity contribution in [3.63, 3.8) is 0 Å². The summed E-state index contributed by atoms with van der Waals surface area (Å²) in [6.07, 6.45) is -19.4. The lowest BCUT2D eigenvalue weighted by molar-refractivity contribution is -0.378. The second kappa shape index (κ2) is 30.6. The SMILES string of the molecule is C/C=C/C(=O)O[C@H]1[C@H](O)[C@@H](O)[C@H](O[C@@H]2[C@H]3OC(=O)CCCCCCCCCC(CCCCC)O[C@@H]4O[C@H](C)[C@@H](O)[C@H](O)[C@H]4[C@@H]4O[C@H](COC(=O)[C@@H](C)CC)[C@@H](O)[C@H](O)[C@H]4O[C@H](O[C@H]2C)[C@@H]3OC(=O)C(C)[C@H](C)O)O[C@@H]1C. The van der Waals surface area contributed by atoms with Crippen molar-refractivity contribution in [2.45, 2.75) is 281 Å². The third-order valence-electron chi connectivity index (χ3n) is 15.5. The summed E-state index contributed by atoms with van der Waals surface area (Å²) in [5, 5.41) is 81.2. The van der Waals surface area contributed by atoms with Gasteiger partial charge in [-0.05, 0) is 67.2 Å². The summed E-state index contributed by atoms with van der Waals surface area (Å²) >= 11 is 0. The van der Waals surface area contributed by atoms with Crippen LogP contribution in [0.25, 0.3) is 0 Å². The summed E-state index contributed by atoms with van der Waals surface area (Å²) < 4.78 is 68.6. The second-order valence-electron chi connectivity index (χ2n) is 21.5. The Bertz CT molecular complexity index is 1820. The molecular formula is C54H90O22. The Labute approximate surface area is 447 Å². The number of aliphatic hydroxyl groups excluding tert-OH is 7. The molecule has 5 rings (SSSR count). The molecule has 0 aliphatic carbocycles. The lowest BCUT2D eigenvalue weighted by atomic mass is 9.80. The van der Waals surface area contributed by atoms with Crippen LogP contribution in [0.2, 0.25) is 0 Å². The Balaban J connectivity index is 1.63. The maximum Gasteiger partial charge on any atom is 0.330 e. The molecule has 5 aliphatic heterocycles. The molecule has 22 heteroatoms. The fourth-order valence-electron chi connectivity index (χ4n) is 10.3. The number of carbonyl (C=O) groups is 4. The minimum atomic E-state index is -1.97. The van der Waals surface area contributed by atoms with Crippen molar-refractivity contribution in [2.24, 2.45) is 17.8 Å². The topological polar surface area (TPSA) is 311 Å². The fraction of sp³-hybridized carbons (Fsp3) is 0.889. The molecule has 5 heterocycles. The number of esters is 4. The van der Waals surface area contributed by atoms with E-state index in [0.29, 0.717) is 32.1 Å². The largest absolute Gasteiger partial charge is 0.463 e. The van der Waals surface area contributed by atoms with Crippen molar-refractivity contribution < 1.29 is 107 Å². The molecule has 0 radical (unpaired) electrons. The normalized spacial score (nSPS) is 40.7. The van der Waals surface area contributed by atoms with Crippen LogP contribution in [0.3, 0.4) is 0 Å². The minimum absolute atomic E-state index is 0.0861. The number of aliphatic hydroxyl groups is 7. The highest BCUT2D eigenvalue weighted by Crippen LogP contribution is 2.41.